The van der Waals surface area contributed by atoms with E-state index in [0.29, 0.717) is 0 Å². The molecule has 0 aliphatic rings. The highest BCUT2D eigenvalue weighted by Gasteiger charge is 2.42. The zero-order chi connectivity index (χ0) is 17.5. The van der Waals surface area contributed by atoms with Gasteiger partial charge in [-0.25, -0.2) is 13.2 Å². The van der Waals surface area contributed by atoms with Gasteiger partial charge in [0.2, 0.25) is 0 Å². The number of carbonyl (C=O) groups is 2. The summed E-state index contributed by atoms with van der Waals surface area (Å²) in [6.07, 6.45) is -4.70. The van der Waals surface area contributed by atoms with Crippen LogP contribution in [0.15, 0.2) is 24.3 Å². The smallest absolute Gasteiger partial charge is 0.340 e. The van der Waals surface area contributed by atoms with E-state index in [0.717, 1.165) is 12.1 Å². The Balaban J connectivity index is 2.25. The predicted octanol–water partition coefficient (Wildman–Crippen LogP) is 3.35. The minimum absolute atomic E-state index is 0.0193. The maximum Gasteiger partial charge on any atom is 0.340 e. The molecule has 0 heterocycles. The summed E-state index contributed by atoms with van der Waals surface area (Å²) < 4.78 is 70.3. The zero-order valence-corrected chi connectivity index (χ0v) is 11.7. The lowest BCUT2D eigenvalue weighted by Gasteiger charge is -2.14. The highest BCUT2D eigenvalue weighted by atomic mass is 19.3. The normalized spacial score (nSPS) is 11.4. The molecule has 0 unspecified atom stereocenters. The summed E-state index contributed by atoms with van der Waals surface area (Å²) in [4.78, 5) is 22.5. The molecule has 0 saturated heterocycles. The van der Waals surface area contributed by atoms with E-state index >= 15 is 0 Å². The molecule has 0 aliphatic carbocycles. The molecule has 0 atom stereocenters. The van der Waals surface area contributed by atoms with Crippen LogP contribution in [0.5, 0.6) is 5.75 Å². The van der Waals surface area contributed by atoms with Crippen LogP contribution in [0.1, 0.15) is 19.3 Å². The summed E-state index contributed by atoms with van der Waals surface area (Å²) in [7, 11) is 0. The van der Waals surface area contributed by atoms with E-state index in [-0.39, 0.29) is 18.6 Å². The van der Waals surface area contributed by atoms with Crippen LogP contribution in [0.3, 0.4) is 0 Å². The van der Waals surface area contributed by atoms with Crippen molar-refractivity contribution in [2.75, 3.05) is 6.61 Å². The zero-order valence-electron chi connectivity index (χ0n) is 11.7. The van der Waals surface area contributed by atoms with E-state index in [9.17, 15) is 31.5 Å². The molecule has 0 N–H and O–H groups in total. The molecule has 0 aromatic heterocycles. The first kappa shape index (κ1) is 18.9. The minimum atomic E-state index is -4.41. The predicted molar refractivity (Wildman–Crippen MR) is 67.8 cm³/mol. The van der Waals surface area contributed by atoms with Crippen LogP contribution in [-0.4, -0.2) is 30.9 Å². The number of hydrogen-bond acceptors (Lipinski definition) is 4. The summed E-state index contributed by atoms with van der Waals surface area (Å²) in [6, 6.07) is 4.82. The summed E-state index contributed by atoms with van der Waals surface area (Å²) in [6.45, 7) is -1.72. The third kappa shape index (κ3) is 7.07. The van der Waals surface area contributed by atoms with Crippen LogP contribution in [0.25, 0.3) is 0 Å². The highest BCUT2D eigenvalue weighted by molar-refractivity contribution is 5.74. The molecule has 0 saturated carbocycles. The second-order valence-corrected chi connectivity index (χ2v) is 4.51. The van der Waals surface area contributed by atoms with E-state index in [1.807, 2.05) is 0 Å². The van der Waals surface area contributed by atoms with Crippen LogP contribution in [0.4, 0.5) is 22.0 Å². The molecule has 1 aromatic carbocycles. The Labute approximate surface area is 128 Å². The Morgan fingerprint density at radius 1 is 1.13 bits per heavy atom. The first-order valence-electron chi connectivity index (χ1n) is 6.48. The molecular weight excluding hydrogens is 327 g/mol. The van der Waals surface area contributed by atoms with Crippen LogP contribution in [0, 0.1) is 5.82 Å². The molecule has 128 valence electrons. The van der Waals surface area contributed by atoms with Gasteiger partial charge in [-0.1, -0.05) is 6.07 Å². The number of ether oxygens (including phenoxy) is 2. The lowest BCUT2D eigenvalue weighted by Crippen LogP contribution is -2.33. The molecular formula is C14H13F5O4. The van der Waals surface area contributed by atoms with Crippen LogP contribution in [0.2, 0.25) is 0 Å². The van der Waals surface area contributed by atoms with E-state index in [1.165, 1.54) is 12.1 Å². The number of halogens is 5. The van der Waals surface area contributed by atoms with E-state index < -0.39 is 43.1 Å². The van der Waals surface area contributed by atoms with Gasteiger partial charge in [-0.3, -0.25) is 9.59 Å². The Hall–Kier alpha value is -2.19. The Morgan fingerprint density at radius 2 is 1.78 bits per heavy atom. The number of esters is 2. The van der Waals surface area contributed by atoms with Gasteiger partial charge in [0.15, 0.2) is 6.61 Å². The molecule has 23 heavy (non-hydrogen) atoms. The SMILES string of the molecule is O=C(CCCC(=O)Oc1cccc(F)c1)OCC(F)(F)C(F)F. The average molecular weight is 340 g/mol. The molecule has 4 nitrogen and oxygen atoms in total. The van der Waals surface area contributed by atoms with Crippen LogP contribution in [-0.2, 0) is 14.3 Å². The van der Waals surface area contributed by atoms with E-state index in [4.69, 9.17) is 4.74 Å². The monoisotopic (exact) mass is 340 g/mol. The first-order valence-corrected chi connectivity index (χ1v) is 6.48. The van der Waals surface area contributed by atoms with Gasteiger partial charge in [0, 0.05) is 18.9 Å². The van der Waals surface area contributed by atoms with E-state index in [2.05, 4.69) is 4.74 Å². The van der Waals surface area contributed by atoms with Crippen molar-refractivity contribution in [1.82, 2.24) is 0 Å². The molecule has 0 spiro atoms. The van der Waals surface area contributed by atoms with Gasteiger partial charge >= 0.3 is 24.3 Å². The fourth-order valence-electron chi connectivity index (χ4n) is 1.40. The second-order valence-electron chi connectivity index (χ2n) is 4.51. The molecule has 9 heteroatoms. The topological polar surface area (TPSA) is 52.6 Å². The van der Waals surface area contributed by atoms with Crippen molar-refractivity contribution in [3.05, 3.63) is 30.1 Å². The molecule has 0 radical (unpaired) electrons. The largest absolute Gasteiger partial charge is 0.459 e. The summed E-state index contributed by atoms with van der Waals surface area (Å²) >= 11 is 0. The maximum atomic E-state index is 12.8. The number of carbonyl (C=O) groups excluding carboxylic acids is 2. The molecule has 1 aromatic rings. The lowest BCUT2D eigenvalue weighted by atomic mass is 10.2. The van der Waals surface area contributed by atoms with Crippen molar-refractivity contribution in [2.45, 2.75) is 31.6 Å². The molecule has 1 rings (SSSR count). The molecule has 0 bridgehead atoms. The fraction of sp³-hybridized carbons (Fsp3) is 0.429. The second kappa shape index (κ2) is 8.44. The Kier molecular flexibility index (Phi) is 6.92. The van der Waals surface area contributed by atoms with Gasteiger partial charge in [0.1, 0.15) is 11.6 Å². The van der Waals surface area contributed by atoms with Gasteiger partial charge in [0.05, 0.1) is 0 Å². The quantitative estimate of drug-likeness (QED) is 0.414. The van der Waals surface area contributed by atoms with Gasteiger partial charge in [-0.05, 0) is 18.6 Å². The number of rotatable bonds is 8. The van der Waals surface area contributed by atoms with Crippen LogP contribution >= 0.6 is 0 Å². The van der Waals surface area contributed by atoms with Gasteiger partial charge < -0.3 is 9.47 Å². The third-order valence-electron chi connectivity index (χ3n) is 2.53. The first-order chi connectivity index (χ1) is 10.7. The van der Waals surface area contributed by atoms with E-state index in [1.54, 1.807) is 0 Å². The lowest BCUT2D eigenvalue weighted by molar-refractivity contribution is -0.179. The number of alkyl halides is 4. The van der Waals surface area contributed by atoms with Crippen molar-refractivity contribution < 1.29 is 41.0 Å². The standard InChI is InChI=1S/C14H13F5O4/c15-9-3-1-4-10(7-9)23-12(21)6-2-5-11(20)22-8-14(18,19)13(16)17/h1,3-4,7,13H,2,5-6,8H2. The van der Waals surface area contributed by atoms with Crippen molar-refractivity contribution in [3.63, 3.8) is 0 Å². The van der Waals surface area contributed by atoms with Gasteiger partial charge in [-0.15, -0.1) is 0 Å². The Bertz CT molecular complexity index is 548. The molecule has 0 aliphatic heterocycles. The van der Waals surface area contributed by atoms with Crippen molar-refractivity contribution in [3.8, 4) is 5.75 Å². The minimum Gasteiger partial charge on any atom is -0.459 e. The molecule has 0 fully saturated rings. The molecule has 0 amide bonds. The maximum absolute atomic E-state index is 12.8. The fourth-order valence-corrected chi connectivity index (χ4v) is 1.40. The average Bonchev–Trinajstić information content (AvgIpc) is 2.45. The van der Waals surface area contributed by atoms with Crippen molar-refractivity contribution in [2.24, 2.45) is 0 Å². The third-order valence-corrected chi connectivity index (χ3v) is 2.53. The summed E-state index contributed by atoms with van der Waals surface area (Å²) in [5, 5.41) is 0. The van der Waals surface area contributed by atoms with Crippen molar-refractivity contribution >= 4 is 11.9 Å². The van der Waals surface area contributed by atoms with Crippen molar-refractivity contribution in [1.29, 1.82) is 0 Å². The highest BCUT2D eigenvalue weighted by Crippen LogP contribution is 2.23. The van der Waals surface area contributed by atoms with Crippen LogP contribution < -0.4 is 4.74 Å². The summed E-state index contributed by atoms with van der Waals surface area (Å²) in [5.74, 6) is -6.93. The van der Waals surface area contributed by atoms with Gasteiger partial charge in [0.25, 0.3) is 0 Å². The van der Waals surface area contributed by atoms with Gasteiger partial charge in [-0.2, -0.15) is 8.78 Å². The Morgan fingerprint density at radius 3 is 2.39 bits per heavy atom. The summed E-state index contributed by atoms with van der Waals surface area (Å²) in [5.41, 5.74) is 0. The number of benzene rings is 1. The number of hydrogen-bond donors (Lipinski definition) is 0.